The first-order valence-electron chi connectivity index (χ1n) is 5.48. The zero-order valence-corrected chi connectivity index (χ0v) is 9.81. The summed E-state index contributed by atoms with van der Waals surface area (Å²) >= 11 is 0. The SMILES string of the molecule is CC(=O)c1ccc(F)cc1-c1ccccc1C=O. The van der Waals surface area contributed by atoms with E-state index >= 15 is 0 Å². The van der Waals surface area contributed by atoms with Crippen LogP contribution in [0.25, 0.3) is 11.1 Å². The zero-order valence-electron chi connectivity index (χ0n) is 9.81. The third-order valence-corrected chi connectivity index (χ3v) is 2.74. The van der Waals surface area contributed by atoms with E-state index in [1.807, 2.05) is 0 Å². The Labute approximate surface area is 104 Å². The summed E-state index contributed by atoms with van der Waals surface area (Å²) in [5.74, 6) is -0.596. The molecule has 2 aromatic carbocycles. The third kappa shape index (κ3) is 2.20. The number of hydrogen-bond acceptors (Lipinski definition) is 2. The minimum atomic E-state index is -0.435. The van der Waals surface area contributed by atoms with Crippen molar-refractivity contribution in [1.29, 1.82) is 0 Å². The monoisotopic (exact) mass is 242 g/mol. The zero-order chi connectivity index (χ0) is 13.1. The predicted octanol–water partition coefficient (Wildman–Crippen LogP) is 3.51. The van der Waals surface area contributed by atoms with Gasteiger partial charge in [0, 0.05) is 11.1 Å². The molecule has 18 heavy (non-hydrogen) atoms. The lowest BCUT2D eigenvalue weighted by molar-refractivity contribution is 0.101. The van der Waals surface area contributed by atoms with Gasteiger partial charge in [-0.1, -0.05) is 24.3 Å². The Hall–Kier alpha value is -2.29. The number of ketones is 1. The summed E-state index contributed by atoms with van der Waals surface area (Å²) in [4.78, 5) is 22.5. The highest BCUT2D eigenvalue weighted by Crippen LogP contribution is 2.27. The molecular weight excluding hydrogens is 231 g/mol. The molecule has 0 bridgehead atoms. The van der Waals surface area contributed by atoms with Crippen LogP contribution in [-0.4, -0.2) is 12.1 Å². The van der Waals surface area contributed by atoms with Crippen LogP contribution in [0.5, 0.6) is 0 Å². The van der Waals surface area contributed by atoms with Gasteiger partial charge in [-0.2, -0.15) is 0 Å². The highest BCUT2D eigenvalue weighted by molar-refractivity contribution is 6.02. The maximum absolute atomic E-state index is 13.3. The van der Waals surface area contributed by atoms with Gasteiger partial charge in [0.1, 0.15) is 5.82 Å². The van der Waals surface area contributed by atoms with Gasteiger partial charge in [-0.05, 0) is 36.2 Å². The first-order valence-corrected chi connectivity index (χ1v) is 5.48. The van der Waals surface area contributed by atoms with Crippen LogP contribution >= 0.6 is 0 Å². The van der Waals surface area contributed by atoms with Gasteiger partial charge < -0.3 is 0 Å². The second-order valence-electron chi connectivity index (χ2n) is 3.95. The highest BCUT2D eigenvalue weighted by atomic mass is 19.1. The lowest BCUT2D eigenvalue weighted by Gasteiger charge is -2.09. The van der Waals surface area contributed by atoms with Crippen molar-refractivity contribution in [3.05, 3.63) is 59.4 Å². The summed E-state index contributed by atoms with van der Waals surface area (Å²) < 4.78 is 13.3. The number of carbonyl (C=O) groups excluding carboxylic acids is 2. The van der Waals surface area contributed by atoms with Gasteiger partial charge in [0.25, 0.3) is 0 Å². The van der Waals surface area contributed by atoms with Crippen LogP contribution in [0, 0.1) is 5.82 Å². The molecule has 0 aromatic heterocycles. The van der Waals surface area contributed by atoms with Crippen molar-refractivity contribution in [1.82, 2.24) is 0 Å². The molecule has 0 aliphatic heterocycles. The molecule has 2 nitrogen and oxygen atoms in total. The Morgan fingerprint density at radius 2 is 1.83 bits per heavy atom. The van der Waals surface area contributed by atoms with Crippen molar-refractivity contribution < 1.29 is 14.0 Å². The summed E-state index contributed by atoms with van der Waals surface area (Å²) in [5, 5.41) is 0. The molecule has 0 saturated heterocycles. The predicted molar refractivity (Wildman–Crippen MR) is 67.2 cm³/mol. The lowest BCUT2D eigenvalue weighted by Crippen LogP contribution is -1.99. The van der Waals surface area contributed by atoms with E-state index in [1.165, 1.54) is 25.1 Å². The van der Waals surface area contributed by atoms with Gasteiger partial charge in [0.05, 0.1) is 0 Å². The Morgan fingerprint density at radius 1 is 1.11 bits per heavy atom. The number of hydrogen-bond donors (Lipinski definition) is 0. The van der Waals surface area contributed by atoms with E-state index in [-0.39, 0.29) is 5.78 Å². The Morgan fingerprint density at radius 3 is 2.50 bits per heavy atom. The molecule has 0 N–H and O–H groups in total. The Bertz CT molecular complexity index is 618. The lowest BCUT2D eigenvalue weighted by atomic mass is 9.94. The van der Waals surface area contributed by atoms with Gasteiger partial charge in [-0.3, -0.25) is 9.59 Å². The van der Waals surface area contributed by atoms with Gasteiger partial charge in [-0.15, -0.1) is 0 Å². The minimum absolute atomic E-state index is 0.161. The quantitative estimate of drug-likeness (QED) is 0.609. The van der Waals surface area contributed by atoms with Gasteiger partial charge in [-0.25, -0.2) is 4.39 Å². The summed E-state index contributed by atoms with van der Waals surface area (Å²) in [6.07, 6.45) is 0.699. The van der Waals surface area contributed by atoms with Gasteiger partial charge in [0.2, 0.25) is 0 Å². The first kappa shape index (κ1) is 12.2. The number of carbonyl (C=O) groups is 2. The van der Waals surface area contributed by atoms with E-state index in [4.69, 9.17) is 0 Å². The molecule has 0 aliphatic carbocycles. The first-order chi connectivity index (χ1) is 8.63. The fourth-order valence-electron chi connectivity index (χ4n) is 1.89. The maximum atomic E-state index is 13.3. The average Bonchev–Trinajstić information content (AvgIpc) is 2.38. The van der Waals surface area contributed by atoms with Crippen molar-refractivity contribution in [2.75, 3.05) is 0 Å². The fraction of sp³-hybridized carbons (Fsp3) is 0.0667. The molecule has 0 saturated carbocycles. The van der Waals surface area contributed by atoms with Crippen LogP contribution in [-0.2, 0) is 0 Å². The molecule has 0 aliphatic rings. The van der Waals surface area contributed by atoms with Crippen LogP contribution in [0.3, 0.4) is 0 Å². The van der Waals surface area contributed by atoms with E-state index in [0.717, 1.165) is 0 Å². The maximum Gasteiger partial charge on any atom is 0.160 e. The van der Waals surface area contributed by atoms with Gasteiger partial charge in [0.15, 0.2) is 12.1 Å². The smallest absolute Gasteiger partial charge is 0.160 e. The summed E-state index contributed by atoms with van der Waals surface area (Å²) in [7, 11) is 0. The van der Waals surface area contributed by atoms with E-state index in [2.05, 4.69) is 0 Å². The number of halogens is 1. The number of Topliss-reactive ketones (excluding diaryl/α,β-unsaturated/α-hetero) is 1. The van der Waals surface area contributed by atoms with Crippen molar-refractivity contribution >= 4 is 12.1 Å². The molecule has 2 aromatic rings. The summed E-state index contributed by atoms with van der Waals surface area (Å²) in [5.41, 5.74) is 1.86. The summed E-state index contributed by atoms with van der Waals surface area (Å²) in [6.45, 7) is 1.42. The molecule has 2 rings (SSSR count). The van der Waals surface area contributed by atoms with Crippen LogP contribution < -0.4 is 0 Å². The topological polar surface area (TPSA) is 34.1 Å². The molecule has 0 unspecified atom stereocenters. The second kappa shape index (κ2) is 4.92. The van der Waals surface area contributed by atoms with E-state index in [0.29, 0.717) is 28.5 Å². The molecule has 3 heteroatoms. The Kier molecular flexibility index (Phi) is 3.33. The molecular formula is C15H11FO2. The van der Waals surface area contributed by atoms with Crippen LogP contribution in [0.1, 0.15) is 27.6 Å². The highest BCUT2D eigenvalue weighted by Gasteiger charge is 2.12. The normalized spacial score (nSPS) is 10.1. The Balaban J connectivity index is 2.73. The minimum Gasteiger partial charge on any atom is -0.298 e. The van der Waals surface area contributed by atoms with E-state index < -0.39 is 5.82 Å². The van der Waals surface area contributed by atoms with E-state index in [9.17, 15) is 14.0 Å². The molecule has 0 amide bonds. The molecule has 0 radical (unpaired) electrons. The van der Waals surface area contributed by atoms with Crippen molar-refractivity contribution in [2.24, 2.45) is 0 Å². The molecule has 0 fully saturated rings. The number of rotatable bonds is 3. The van der Waals surface area contributed by atoms with Crippen molar-refractivity contribution in [2.45, 2.75) is 6.92 Å². The molecule has 0 heterocycles. The molecule has 0 spiro atoms. The average molecular weight is 242 g/mol. The molecule has 0 atom stereocenters. The largest absolute Gasteiger partial charge is 0.298 e. The molecule has 90 valence electrons. The van der Waals surface area contributed by atoms with Crippen LogP contribution in [0.2, 0.25) is 0 Å². The number of aldehydes is 1. The van der Waals surface area contributed by atoms with Crippen molar-refractivity contribution in [3.8, 4) is 11.1 Å². The second-order valence-corrected chi connectivity index (χ2v) is 3.95. The van der Waals surface area contributed by atoms with Crippen LogP contribution in [0.15, 0.2) is 42.5 Å². The number of benzene rings is 2. The van der Waals surface area contributed by atoms with Crippen LogP contribution in [0.4, 0.5) is 4.39 Å². The van der Waals surface area contributed by atoms with Crippen molar-refractivity contribution in [3.63, 3.8) is 0 Å². The summed E-state index contributed by atoms with van der Waals surface area (Å²) in [6, 6.07) is 10.8. The fourth-order valence-corrected chi connectivity index (χ4v) is 1.89. The van der Waals surface area contributed by atoms with E-state index in [1.54, 1.807) is 24.3 Å². The van der Waals surface area contributed by atoms with Gasteiger partial charge >= 0.3 is 0 Å². The standard InChI is InChI=1S/C15H11FO2/c1-10(18)13-7-6-12(16)8-15(13)14-5-3-2-4-11(14)9-17/h2-9H,1H3. The third-order valence-electron chi connectivity index (χ3n) is 2.74.